The van der Waals surface area contributed by atoms with E-state index in [0.29, 0.717) is 55.9 Å². The molecule has 0 bridgehead atoms. The van der Waals surface area contributed by atoms with Crippen molar-refractivity contribution in [1.82, 2.24) is 0 Å². The van der Waals surface area contributed by atoms with E-state index in [0.717, 1.165) is 0 Å². The minimum Gasteiger partial charge on any atom is -0.367 e. The lowest BCUT2D eigenvalue weighted by Crippen LogP contribution is -2.25. The van der Waals surface area contributed by atoms with Gasteiger partial charge in [-0.05, 0) is 12.1 Å². The van der Waals surface area contributed by atoms with E-state index in [1.165, 1.54) is 0 Å². The molecule has 0 saturated carbocycles. The number of nitrogens with one attached hydrogen (secondary N) is 2. The van der Waals surface area contributed by atoms with Crippen LogP contribution in [-0.4, -0.2) is 29.8 Å². The highest BCUT2D eigenvalue weighted by Gasteiger charge is 2.32. The standard InChI is InChI=1S/C29H18N2O4.C2H6/c32-26-16-7-1-3-9-18(16)28(34)24-20(26)11-5-13-22(24)30-15-31-23-14-6-12-21-25(23)29(35)19-10-4-2-8-17(19)27(21)33;1-2/h1-14,30-31H,15H2;1-2H3. The maximum absolute atomic E-state index is 13.2. The summed E-state index contributed by atoms with van der Waals surface area (Å²) in [4.78, 5) is 52.3. The van der Waals surface area contributed by atoms with Crippen molar-refractivity contribution in [2.24, 2.45) is 0 Å². The molecule has 0 heterocycles. The van der Waals surface area contributed by atoms with Gasteiger partial charge in [0, 0.05) is 44.8 Å². The molecule has 6 rings (SSSR count). The second-order valence-corrected chi connectivity index (χ2v) is 8.39. The van der Waals surface area contributed by atoms with E-state index in [2.05, 4.69) is 10.6 Å². The zero-order valence-corrected chi connectivity index (χ0v) is 20.4. The predicted octanol–water partition coefficient (Wildman–Crippen LogP) is 5.75. The maximum Gasteiger partial charge on any atom is 0.196 e. The van der Waals surface area contributed by atoms with Gasteiger partial charge in [0.1, 0.15) is 0 Å². The Hall–Kier alpha value is -4.84. The molecule has 0 amide bonds. The van der Waals surface area contributed by atoms with Crippen LogP contribution in [0.15, 0.2) is 84.9 Å². The number of fused-ring (bicyclic) bond motifs is 4. The normalized spacial score (nSPS) is 12.9. The molecule has 0 radical (unpaired) electrons. The molecule has 0 unspecified atom stereocenters. The topological polar surface area (TPSA) is 92.3 Å². The largest absolute Gasteiger partial charge is 0.367 e. The fourth-order valence-corrected chi connectivity index (χ4v) is 4.82. The van der Waals surface area contributed by atoms with Crippen LogP contribution in [0.2, 0.25) is 0 Å². The average molecular weight is 489 g/mol. The number of benzene rings is 4. The summed E-state index contributed by atoms with van der Waals surface area (Å²) in [6, 6.07) is 23.8. The van der Waals surface area contributed by atoms with Gasteiger partial charge in [0.15, 0.2) is 23.1 Å². The molecule has 0 saturated heterocycles. The summed E-state index contributed by atoms with van der Waals surface area (Å²) in [6.45, 7) is 4.17. The molecule has 0 atom stereocenters. The smallest absolute Gasteiger partial charge is 0.196 e. The first-order valence-corrected chi connectivity index (χ1v) is 12.2. The van der Waals surface area contributed by atoms with E-state index in [1.54, 1.807) is 84.9 Å². The molecule has 0 aromatic heterocycles. The Bertz CT molecular complexity index is 1480. The Labute approximate surface area is 214 Å². The number of carbonyl (C=O) groups excluding carboxylic acids is 4. The number of carbonyl (C=O) groups is 4. The van der Waals surface area contributed by atoms with E-state index >= 15 is 0 Å². The molecule has 2 N–H and O–H groups in total. The lowest BCUT2D eigenvalue weighted by atomic mass is 9.83. The third-order valence-corrected chi connectivity index (χ3v) is 6.46. The molecule has 0 spiro atoms. The van der Waals surface area contributed by atoms with Gasteiger partial charge in [-0.1, -0.05) is 86.6 Å². The van der Waals surface area contributed by atoms with Crippen molar-refractivity contribution in [2.45, 2.75) is 13.8 Å². The Morgan fingerprint density at radius 1 is 0.432 bits per heavy atom. The van der Waals surface area contributed by atoms with Crippen LogP contribution in [0.3, 0.4) is 0 Å². The Kier molecular flexibility index (Phi) is 6.24. The molecular weight excluding hydrogens is 464 g/mol. The van der Waals surface area contributed by atoms with Crippen LogP contribution in [0.5, 0.6) is 0 Å². The summed E-state index contributed by atoms with van der Waals surface area (Å²) in [5, 5.41) is 6.35. The molecule has 6 nitrogen and oxygen atoms in total. The van der Waals surface area contributed by atoms with Gasteiger partial charge in [0.2, 0.25) is 0 Å². The van der Waals surface area contributed by atoms with Gasteiger partial charge in [-0.2, -0.15) is 0 Å². The van der Waals surface area contributed by atoms with Gasteiger partial charge < -0.3 is 10.6 Å². The zero-order chi connectivity index (χ0) is 26.1. The van der Waals surface area contributed by atoms with Crippen molar-refractivity contribution < 1.29 is 19.2 Å². The van der Waals surface area contributed by atoms with Crippen LogP contribution in [0.25, 0.3) is 0 Å². The van der Waals surface area contributed by atoms with Gasteiger partial charge in [-0.3, -0.25) is 19.2 Å². The molecule has 0 aliphatic heterocycles. The number of hydrogen-bond donors (Lipinski definition) is 2. The molecule has 0 fully saturated rings. The molecule has 182 valence electrons. The second-order valence-electron chi connectivity index (χ2n) is 8.39. The van der Waals surface area contributed by atoms with Crippen molar-refractivity contribution in [3.05, 3.63) is 129 Å². The summed E-state index contributed by atoms with van der Waals surface area (Å²) in [5.74, 6) is -0.807. The third-order valence-electron chi connectivity index (χ3n) is 6.46. The monoisotopic (exact) mass is 488 g/mol. The lowest BCUT2D eigenvalue weighted by molar-refractivity contribution is 0.0979. The van der Waals surface area contributed by atoms with Gasteiger partial charge in [-0.25, -0.2) is 0 Å². The SMILES string of the molecule is CC.O=C1c2ccccc2C(=O)c2c(NCNc3cccc4c3C(=O)c3ccccc3C4=O)cccc21. The number of anilines is 2. The van der Waals surface area contributed by atoms with Gasteiger partial charge >= 0.3 is 0 Å². The fourth-order valence-electron chi connectivity index (χ4n) is 4.82. The summed E-state index contributed by atoms with van der Waals surface area (Å²) >= 11 is 0. The third kappa shape index (κ3) is 3.83. The molecular formula is C31H24N2O4. The number of ketones is 4. The Morgan fingerprint density at radius 3 is 1.14 bits per heavy atom. The highest BCUT2D eigenvalue weighted by Crippen LogP contribution is 2.33. The van der Waals surface area contributed by atoms with Crippen LogP contribution in [-0.2, 0) is 0 Å². The van der Waals surface area contributed by atoms with E-state index in [4.69, 9.17) is 0 Å². The Morgan fingerprint density at radius 2 is 0.757 bits per heavy atom. The molecule has 2 aliphatic rings. The van der Waals surface area contributed by atoms with Gasteiger partial charge in [0.25, 0.3) is 0 Å². The van der Waals surface area contributed by atoms with E-state index < -0.39 is 0 Å². The second kappa shape index (κ2) is 9.66. The molecule has 2 aliphatic carbocycles. The number of hydrogen-bond acceptors (Lipinski definition) is 6. The predicted molar refractivity (Wildman–Crippen MR) is 143 cm³/mol. The summed E-state index contributed by atoms with van der Waals surface area (Å²) in [5.41, 5.74) is 3.96. The minimum atomic E-state index is -0.215. The van der Waals surface area contributed by atoms with E-state index in [-0.39, 0.29) is 29.8 Å². The van der Waals surface area contributed by atoms with Crippen LogP contribution in [0.1, 0.15) is 77.5 Å². The van der Waals surface area contributed by atoms with Crippen molar-refractivity contribution in [3.8, 4) is 0 Å². The fraction of sp³-hybridized carbons (Fsp3) is 0.0968. The highest BCUT2D eigenvalue weighted by atomic mass is 16.1. The average Bonchev–Trinajstić information content (AvgIpc) is 2.95. The van der Waals surface area contributed by atoms with Crippen molar-refractivity contribution in [3.63, 3.8) is 0 Å². The van der Waals surface area contributed by atoms with E-state index in [1.807, 2.05) is 13.8 Å². The van der Waals surface area contributed by atoms with Gasteiger partial charge in [0.05, 0.1) is 17.8 Å². The van der Waals surface area contributed by atoms with Crippen molar-refractivity contribution >= 4 is 34.5 Å². The first-order valence-electron chi connectivity index (χ1n) is 12.2. The van der Waals surface area contributed by atoms with Crippen molar-refractivity contribution in [1.29, 1.82) is 0 Å². The first kappa shape index (κ1) is 23.9. The summed E-state index contributed by atoms with van der Waals surface area (Å²) < 4.78 is 0. The highest BCUT2D eigenvalue weighted by molar-refractivity contribution is 6.31. The van der Waals surface area contributed by atoms with Crippen LogP contribution in [0.4, 0.5) is 11.4 Å². The van der Waals surface area contributed by atoms with Crippen LogP contribution < -0.4 is 10.6 Å². The lowest BCUT2D eigenvalue weighted by Gasteiger charge is -2.22. The van der Waals surface area contributed by atoms with Crippen molar-refractivity contribution in [2.75, 3.05) is 17.3 Å². The summed E-state index contributed by atoms with van der Waals surface area (Å²) in [6.07, 6.45) is 0. The molecule has 6 heteroatoms. The quantitative estimate of drug-likeness (QED) is 0.307. The van der Waals surface area contributed by atoms with E-state index in [9.17, 15) is 19.2 Å². The Balaban J connectivity index is 0.00000137. The summed E-state index contributed by atoms with van der Waals surface area (Å²) in [7, 11) is 0. The maximum atomic E-state index is 13.2. The van der Waals surface area contributed by atoms with Crippen LogP contribution in [0, 0.1) is 0 Å². The molecule has 4 aromatic carbocycles. The van der Waals surface area contributed by atoms with Gasteiger partial charge in [-0.15, -0.1) is 0 Å². The first-order chi connectivity index (χ1) is 18.1. The number of rotatable bonds is 4. The molecule has 4 aromatic rings. The zero-order valence-electron chi connectivity index (χ0n) is 20.4. The minimum absolute atomic E-state index is 0.166. The molecule has 37 heavy (non-hydrogen) atoms. The van der Waals surface area contributed by atoms with Crippen LogP contribution >= 0.6 is 0 Å².